The quantitative estimate of drug-likeness (QED) is 0.590. The summed E-state index contributed by atoms with van der Waals surface area (Å²) in [6.07, 6.45) is 4.58. The molecule has 1 amide bonds. The highest BCUT2D eigenvalue weighted by molar-refractivity contribution is 7.11. The smallest absolute Gasteiger partial charge is 0.253 e. The van der Waals surface area contributed by atoms with E-state index in [4.69, 9.17) is 0 Å². The monoisotopic (exact) mass is 363 g/mol. The van der Waals surface area contributed by atoms with Gasteiger partial charge in [-0.05, 0) is 18.6 Å². The molecule has 0 aliphatic heterocycles. The van der Waals surface area contributed by atoms with Gasteiger partial charge in [0.05, 0.1) is 17.8 Å². The zero-order valence-electron chi connectivity index (χ0n) is 14.2. The topological polar surface area (TPSA) is 72.2 Å². The molecule has 0 bridgehead atoms. The van der Waals surface area contributed by atoms with Crippen LogP contribution in [0.4, 0.5) is 0 Å². The van der Waals surface area contributed by atoms with Crippen LogP contribution >= 0.6 is 11.3 Å². The van der Waals surface area contributed by atoms with Gasteiger partial charge in [0.15, 0.2) is 0 Å². The Balaban J connectivity index is 1.52. The molecule has 3 aromatic heterocycles. The van der Waals surface area contributed by atoms with E-state index in [1.807, 2.05) is 53.9 Å². The molecule has 4 rings (SSSR count). The van der Waals surface area contributed by atoms with E-state index in [1.54, 1.807) is 12.3 Å². The van der Waals surface area contributed by atoms with E-state index >= 15 is 0 Å². The van der Waals surface area contributed by atoms with E-state index in [9.17, 15) is 4.79 Å². The summed E-state index contributed by atoms with van der Waals surface area (Å²) < 4.78 is 1.87. The van der Waals surface area contributed by atoms with E-state index in [0.717, 1.165) is 33.3 Å². The van der Waals surface area contributed by atoms with Gasteiger partial charge in [-0.15, -0.1) is 10.2 Å². The zero-order chi connectivity index (χ0) is 17.9. The maximum atomic E-state index is 12.4. The van der Waals surface area contributed by atoms with Gasteiger partial charge in [-0.3, -0.25) is 4.79 Å². The Labute approximate surface area is 154 Å². The van der Waals surface area contributed by atoms with Crippen molar-refractivity contribution in [1.82, 2.24) is 24.9 Å². The first kappa shape index (κ1) is 16.4. The third kappa shape index (κ3) is 3.34. The lowest BCUT2D eigenvalue weighted by atomic mass is 10.2. The molecular weight excluding hydrogens is 346 g/mol. The number of hydrogen-bond acceptors (Lipinski definition) is 5. The van der Waals surface area contributed by atoms with Crippen molar-refractivity contribution in [2.45, 2.75) is 19.9 Å². The normalized spacial score (nSPS) is 11.0. The van der Waals surface area contributed by atoms with Crippen LogP contribution in [0, 0.1) is 0 Å². The predicted octanol–water partition coefficient (Wildman–Crippen LogP) is 3.35. The summed E-state index contributed by atoms with van der Waals surface area (Å²) in [7, 11) is 0. The third-order valence-electron chi connectivity index (χ3n) is 3.99. The summed E-state index contributed by atoms with van der Waals surface area (Å²) in [5, 5.41) is 12.8. The van der Waals surface area contributed by atoms with Gasteiger partial charge in [0.25, 0.3) is 5.91 Å². The van der Waals surface area contributed by atoms with E-state index in [2.05, 4.69) is 20.5 Å². The second-order valence-corrected chi connectivity index (χ2v) is 6.95. The number of amides is 1. The number of benzene rings is 1. The van der Waals surface area contributed by atoms with Crippen molar-refractivity contribution >= 4 is 22.9 Å². The number of fused-ring (bicyclic) bond motifs is 1. The number of nitrogens with one attached hydrogen (secondary N) is 1. The fourth-order valence-electron chi connectivity index (χ4n) is 2.63. The Morgan fingerprint density at radius 2 is 1.88 bits per heavy atom. The second-order valence-electron chi connectivity index (χ2n) is 5.80. The predicted molar refractivity (Wildman–Crippen MR) is 101 cm³/mol. The fourth-order valence-corrected chi connectivity index (χ4v) is 3.36. The average molecular weight is 363 g/mol. The first-order valence-electron chi connectivity index (χ1n) is 8.36. The summed E-state index contributed by atoms with van der Waals surface area (Å²) in [6, 6.07) is 13.6. The molecule has 0 saturated heterocycles. The molecule has 0 radical (unpaired) electrons. The van der Waals surface area contributed by atoms with E-state index < -0.39 is 0 Å². The van der Waals surface area contributed by atoms with E-state index in [-0.39, 0.29) is 5.91 Å². The van der Waals surface area contributed by atoms with Crippen LogP contribution in [0.3, 0.4) is 0 Å². The molecule has 0 unspecified atom stereocenters. The lowest BCUT2D eigenvalue weighted by molar-refractivity contribution is 0.0950. The molecule has 4 aromatic rings. The number of aryl methyl sites for hydroxylation is 1. The average Bonchev–Trinajstić information content (AvgIpc) is 3.32. The minimum Gasteiger partial charge on any atom is -0.345 e. The molecule has 0 atom stereocenters. The summed E-state index contributed by atoms with van der Waals surface area (Å²) in [5.41, 5.74) is 3.31. The van der Waals surface area contributed by atoms with Crippen LogP contribution in [0.5, 0.6) is 0 Å². The Bertz CT molecular complexity index is 1050. The molecule has 0 aliphatic rings. The minimum absolute atomic E-state index is 0.143. The highest BCUT2D eigenvalue weighted by Gasteiger charge is 2.10. The van der Waals surface area contributed by atoms with Crippen LogP contribution in [-0.2, 0) is 13.0 Å². The van der Waals surface area contributed by atoms with Gasteiger partial charge in [0.2, 0.25) is 0 Å². The van der Waals surface area contributed by atoms with Crippen molar-refractivity contribution in [2.24, 2.45) is 0 Å². The number of imidazole rings is 1. The summed E-state index contributed by atoms with van der Waals surface area (Å²) in [5.74, 6) is -0.143. The molecule has 7 heteroatoms. The molecule has 26 heavy (non-hydrogen) atoms. The standard InChI is InChI=1S/C19H17N5OS/c1-2-17-22-23-18(26-17)10-20-19(25)14-8-9-16-21-15(12-24(16)11-14)13-6-4-3-5-7-13/h3-9,11-12H,2,10H2,1H3,(H,20,25). The fraction of sp³-hybridized carbons (Fsp3) is 0.158. The molecule has 0 fully saturated rings. The van der Waals surface area contributed by atoms with Crippen LogP contribution in [0.2, 0.25) is 0 Å². The number of hydrogen-bond donors (Lipinski definition) is 1. The number of aromatic nitrogens is 4. The van der Waals surface area contributed by atoms with Crippen molar-refractivity contribution in [3.63, 3.8) is 0 Å². The van der Waals surface area contributed by atoms with E-state index in [1.165, 1.54) is 11.3 Å². The number of carbonyl (C=O) groups excluding carboxylic acids is 1. The van der Waals surface area contributed by atoms with Gasteiger partial charge in [-0.2, -0.15) is 0 Å². The molecule has 130 valence electrons. The van der Waals surface area contributed by atoms with Crippen molar-refractivity contribution in [3.8, 4) is 11.3 Å². The highest BCUT2D eigenvalue weighted by Crippen LogP contribution is 2.19. The number of rotatable bonds is 5. The van der Waals surface area contributed by atoms with Crippen LogP contribution in [0.15, 0.2) is 54.9 Å². The van der Waals surface area contributed by atoms with Gasteiger partial charge in [-0.1, -0.05) is 48.6 Å². The van der Waals surface area contributed by atoms with Gasteiger partial charge in [0, 0.05) is 18.0 Å². The molecule has 1 N–H and O–H groups in total. The van der Waals surface area contributed by atoms with Crippen molar-refractivity contribution in [2.75, 3.05) is 0 Å². The summed E-state index contributed by atoms with van der Waals surface area (Å²) in [4.78, 5) is 17.0. The van der Waals surface area contributed by atoms with Gasteiger partial charge < -0.3 is 9.72 Å². The Hall–Kier alpha value is -3.06. The van der Waals surface area contributed by atoms with Crippen LogP contribution in [-0.4, -0.2) is 25.5 Å². The molecule has 0 saturated carbocycles. The van der Waals surface area contributed by atoms with Gasteiger partial charge in [-0.25, -0.2) is 4.98 Å². The molecule has 1 aromatic carbocycles. The number of carbonyl (C=O) groups is 1. The third-order valence-corrected chi connectivity index (χ3v) is 5.06. The highest BCUT2D eigenvalue weighted by atomic mass is 32.1. The lowest BCUT2D eigenvalue weighted by Crippen LogP contribution is -2.23. The summed E-state index contributed by atoms with van der Waals surface area (Å²) >= 11 is 1.52. The molecule has 6 nitrogen and oxygen atoms in total. The maximum absolute atomic E-state index is 12.4. The largest absolute Gasteiger partial charge is 0.345 e. The Morgan fingerprint density at radius 3 is 2.65 bits per heavy atom. The molecule has 3 heterocycles. The van der Waals surface area contributed by atoms with Crippen molar-refractivity contribution in [1.29, 1.82) is 0 Å². The van der Waals surface area contributed by atoms with Crippen molar-refractivity contribution in [3.05, 3.63) is 70.4 Å². The van der Waals surface area contributed by atoms with Crippen LogP contribution < -0.4 is 5.32 Å². The van der Waals surface area contributed by atoms with Crippen molar-refractivity contribution < 1.29 is 4.79 Å². The van der Waals surface area contributed by atoms with Crippen LogP contribution in [0.1, 0.15) is 27.3 Å². The lowest BCUT2D eigenvalue weighted by Gasteiger charge is -2.03. The number of pyridine rings is 1. The van der Waals surface area contributed by atoms with Gasteiger partial charge in [0.1, 0.15) is 15.7 Å². The number of nitrogens with zero attached hydrogens (tertiary/aromatic N) is 4. The SMILES string of the molecule is CCc1nnc(CNC(=O)c2ccc3nc(-c4ccccc4)cn3c2)s1. The second kappa shape index (κ2) is 7.05. The first-order valence-corrected chi connectivity index (χ1v) is 9.18. The minimum atomic E-state index is -0.143. The first-order chi connectivity index (χ1) is 12.7. The Kier molecular flexibility index (Phi) is 4.45. The Morgan fingerprint density at radius 1 is 1.08 bits per heavy atom. The zero-order valence-corrected chi connectivity index (χ0v) is 15.0. The molecule has 0 aliphatic carbocycles. The summed E-state index contributed by atoms with van der Waals surface area (Å²) in [6.45, 7) is 2.42. The van der Waals surface area contributed by atoms with Gasteiger partial charge >= 0.3 is 0 Å². The molecule has 0 spiro atoms. The van der Waals surface area contributed by atoms with E-state index in [0.29, 0.717) is 12.1 Å². The maximum Gasteiger partial charge on any atom is 0.253 e. The molecular formula is C19H17N5OS. The van der Waals surface area contributed by atoms with Crippen LogP contribution in [0.25, 0.3) is 16.9 Å².